The summed E-state index contributed by atoms with van der Waals surface area (Å²) in [7, 11) is 0. The number of nitrogens with two attached hydrogens (primary N) is 2. The number of benzene rings is 1. The molecule has 1 unspecified atom stereocenters. The minimum Gasteiger partial charge on any atom is -0.368 e. The second kappa shape index (κ2) is 5.27. The molecule has 1 aliphatic heterocycles. The first kappa shape index (κ1) is 13.4. The fourth-order valence-electron chi connectivity index (χ4n) is 2.33. The van der Waals surface area contributed by atoms with Crippen molar-refractivity contribution in [3.8, 4) is 0 Å². The molecule has 1 atom stereocenters. The van der Waals surface area contributed by atoms with Crippen molar-refractivity contribution in [3.05, 3.63) is 29.3 Å². The topological polar surface area (TPSA) is 101 Å². The average Bonchev–Trinajstić information content (AvgIpc) is 2.38. The quantitative estimate of drug-likeness (QED) is 0.674. The number of nitrogens with zero attached hydrogens (tertiary/aromatic N) is 1. The minimum absolute atomic E-state index is 0.413. The maximum atomic E-state index is 11.5. The van der Waals surface area contributed by atoms with Crippen LogP contribution in [0.5, 0.6) is 0 Å². The molecule has 2 rings (SSSR count). The molecular weight excluding hydrogens is 244 g/mol. The van der Waals surface area contributed by atoms with Crippen LogP contribution in [0.4, 0.5) is 5.69 Å². The molecule has 1 saturated heterocycles. The Morgan fingerprint density at radius 2 is 2.11 bits per heavy atom. The highest BCUT2D eigenvalue weighted by Crippen LogP contribution is 2.24. The predicted octanol–water partition coefficient (Wildman–Crippen LogP) is -0.643. The van der Waals surface area contributed by atoms with Crippen LogP contribution >= 0.6 is 0 Å². The van der Waals surface area contributed by atoms with E-state index in [-0.39, 0.29) is 0 Å². The fourth-order valence-corrected chi connectivity index (χ4v) is 2.33. The van der Waals surface area contributed by atoms with Crippen LogP contribution in [0.25, 0.3) is 0 Å². The zero-order chi connectivity index (χ0) is 14.0. The van der Waals surface area contributed by atoms with Crippen molar-refractivity contribution in [1.82, 2.24) is 5.32 Å². The number of primary amides is 2. The third kappa shape index (κ3) is 2.68. The van der Waals surface area contributed by atoms with Gasteiger partial charge < -0.3 is 21.7 Å². The Kier molecular flexibility index (Phi) is 3.71. The van der Waals surface area contributed by atoms with Crippen molar-refractivity contribution in [1.29, 1.82) is 0 Å². The standard InChI is InChI=1S/C13H18N4O2/c1-8-2-3-9(12(14)18)10(6-8)17-5-4-16-7-11(17)13(15)19/h2-3,6,11,16H,4-5,7H2,1H3,(H2,14,18)(H2,15,19). The molecular formula is C13H18N4O2. The SMILES string of the molecule is Cc1ccc(C(N)=O)c(N2CCNCC2C(N)=O)c1. The highest BCUT2D eigenvalue weighted by Gasteiger charge is 2.29. The van der Waals surface area contributed by atoms with Crippen LogP contribution < -0.4 is 21.7 Å². The number of hydrogen-bond donors (Lipinski definition) is 3. The summed E-state index contributed by atoms with van der Waals surface area (Å²) in [6.07, 6.45) is 0. The molecule has 19 heavy (non-hydrogen) atoms. The van der Waals surface area contributed by atoms with E-state index in [1.807, 2.05) is 24.0 Å². The first-order valence-corrected chi connectivity index (χ1v) is 6.18. The lowest BCUT2D eigenvalue weighted by atomic mass is 10.0. The van der Waals surface area contributed by atoms with Gasteiger partial charge in [-0.25, -0.2) is 0 Å². The van der Waals surface area contributed by atoms with E-state index in [1.165, 1.54) is 0 Å². The van der Waals surface area contributed by atoms with Gasteiger partial charge in [0.1, 0.15) is 6.04 Å². The molecule has 2 amide bonds. The van der Waals surface area contributed by atoms with Gasteiger partial charge in [-0.1, -0.05) is 6.07 Å². The molecule has 1 heterocycles. The Hall–Kier alpha value is -2.08. The van der Waals surface area contributed by atoms with Crippen molar-refractivity contribution in [2.75, 3.05) is 24.5 Å². The summed E-state index contributed by atoms with van der Waals surface area (Å²) in [5, 5.41) is 3.12. The van der Waals surface area contributed by atoms with Gasteiger partial charge in [-0.3, -0.25) is 9.59 Å². The Morgan fingerprint density at radius 3 is 2.74 bits per heavy atom. The monoisotopic (exact) mass is 262 g/mol. The minimum atomic E-state index is -0.503. The van der Waals surface area contributed by atoms with Gasteiger partial charge in [0, 0.05) is 19.6 Å². The number of carbonyl (C=O) groups is 2. The molecule has 0 spiro atoms. The largest absolute Gasteiger partial charge is 0.368 e. The lowest BCUT2D eigenvalue weighted by molar-refractivity contribution is -0.119. The first-order chi connectivity index (χ1) is 9.00. The number of nitrogens with one attached hydrogen (secondary N) is 1. The molecule has 5 N–H and O–H groups in total. The van der Waals surface area contributed by atoms with Gasteiger partial charge in [0.15, 0.2) is 0 Å². The van der Waals surface area contributed by atoms with E-state index < -0.39 is 17.9 Å². The fraction of sp³-hybridized carbons (Fsp3) is 0.385. The van der Waals surface area contributed by atoms with Gasteiger partial charge in [-0.15, -0.1) is 0 Å². The van der Waals surface area contributed by atoms with E-state index in [4.69, 9.17) is 11.5 Å². The summed E-state index contributed by atoms with van der Waals surface area (Å²) in [5.74, 6) is -0.916. The molecule has 0 aromatic heterocycles. The van der Waals surface area contributed by atoms with Crippen molar-refractivity contribution in [2.24, 2.45) is 11.5 Å². The maximum absolute atomic E-state index is 11.5. The van der Waals surface area contributed by atoms with Crippen LogP contribution in [0.2, 0.25) is 0 Å². The highest BCUT2D eigenvalue weighted by atomic mass is 16.2. The zero-order valence-electron chi connectivity index (χ0n) is 10.8. The van der Waals surface area contributed by atoms with Gasteiger partial charge >= 0.3 is 0 Å². The van der Waals surface area contributed by atoms with Crippen LogP contribution in [0.1, 0.15) is 15.9 Å². The molecule has 102 valence electrons. The number of aryl methyl sites for hydroxylation is 1. The van der Waals surface area contributed by atoms with Crippen LogP contribution in [-0.4, -0.2) is 37.5 Å². The van der Waals surface area contributed by atoms with E-state index >= 15 is 0 Å². The molecule has 0 bridgehead atoms. The smallest absolute Gasteiger partial charge is 0.250 e. The van der Waals surface area contributed by atoms with Gasteiger partial charge in [0.2, 0.25) is 5.91 Å². The molecule has 6 nitrogen and oxygen atoms in total. The van der Waals surface area contributed by atoms with Crippen LogP contribution in [-0.2, 0) is 4.79 Å². The maximum Gasteiger partial charge on any atom is 0.250 e. The number of carbonyl (C=O) groups excluding carboxylic acids is 2. The number of hydrogen-bond acceptors (Lipinski definition) is 4. The van der Waals surface area contributed by atoms with Gasteiger partial charge in [-0.05, 0) is 24.6 Å². The summed E-state index contributed by atoms with van der Waals surface area (Å²) in [4.78, 5) is 24.9. The lowest BCUT2D eigenvalue weighted by Crippen LogP contribution is -2.57. The molecule has 0 saturated carbocycles. The molecule has 6 heteroatoms. The third-order valence-corrected chi connectivity index (χ3v) is 3.30. The third-order valence-electron chi connectivity index (χ3n) is 3.30. The highest BCUT2D eigenvalue weighted by molar-refractivity contribution is 5.99. The molecule has 1 aliphatic rings. The van der Waals surface area contributed by atoms with E-state index in [0.29, 0.717) is 24.3 Å². The number of anilines is 1. The van der Waals surface area contributed by atoms with Crippen molar-refractivity contribution >= 4 is 17.5 Å². The molecule has 1 aromatic carbocycles. The molecule has 1 fully saturated rings. The predicted molar refractivity (Wildman–Crippen MR) is 72.9 cm³/mol. The van der Waals surface area contributed by atoms with Crippen molar-refractivity contribution < 1.29 is 9.59 Å². The van der Waals surface area contributed by atoms with Crippen LogP contribution in [0.3, 0.4) is 0 Å². The average molecular weight is 262 g/mol. The Morgan fingerprint density at radius 1 is 1.37 bits per heavy atom. The summed E-state index contributed by atoms with van der Waals surface area (Å²) in [6, 6.07) is 4.91. The van der Waals surface area contributed by atoms with E-state index in [1.54, 1.807) is 6.07 Å². The van der Waals surface area contributed by atoms with Crippen LogP contribution in [0, 0.1) is 6.92 Å². The second-order valence-corrected chi connectivity index (χ2v) is 4.70. The summed E-state index contributed by atoms with van der Waals surface area (Å²) < 4.78 is 0. The Labute approximate surface area is 111 Å². The summed E-state index contributed by atoms with van der Waals surface area (Å²) in [5.41, 5.74) is 12.9. The van der Waals surface area contributed by atoms with E-state index in [0.717, 1.165) is 12.1 Å². The van der Waals surface area contributed by atoms with Gasteiger partial charge in [0.05, 0.1) is 11.3 Å². The van der Waals surface area contributed by atoms with Crippen LogP contribution in [0.15, 0.2) is 18.2 Å². The summed E-state index contributed by atoms with van der Waals surface area (Å²) in [6.45, 7) is 3.74. The van der Waals surface area contributed by atoms with E-state index in [2.05, 4.69) is 5.32 Å². The second-order valence-electron chi connectivity index (χ2n) is 4.70. The van der Waals surface area contributed by atoms with Crippen molar-refractivity contribution in [3.63, 3.8) is 0 Å². The molecule has 1 aromatic rings. The number of amides is 2. The Bertz CT molecular complexity index is 515. The van der Waals surface area contributed by atoms with Crippen molar-refractivity contribution in [2.45, 2.75) is 13.0 Å². The number of rotatable bonds is 3. The molecule has 0 aliphatic carbocycles. The Balaban J connectivity index is 2.46. The number of piperazine rings is 1. The molecule has 0 radical (unpaired) electrons. The lowest BCUT2D eigenvalue weighted by Gasteiger charge is -2.37. The van der Waals surface area contributed by atoms with E-state index in [9.17, 15) is 9.59 Å². The normalized spacial score (nSPS) is 19.2. The van der Waals surface area contributed by atoms with Gasteiger partial charge in [-0.2, -0.15) is 0 Å². The zero-order valence-corrected chi connectivity index (χ0v) is 10.8. The summed E-state index contributed by atoms with van der Waals surface area (Å²) >= 11 is 0. The van der Waals surface area contributed by atoms with Gasteiger partial charge in [0.25, 0.3) is 5.91 Å². The first-order valence-electron chi connectivity index (χ1n) is 6.18.